The van der Waals surface area contributed by atoms with Gasteiger partial charge in [-0.05, 0) is 17.2 Å². The van der Waals surface area contributed by atoms with Crippen LogP contribution in [0.5, 0.6) is 0 Å². The van der Waals surface area contributed by atoms with E-state index >= 15 is 0 Å². The van der Waals surface area contributed by atoms with Gasteiger partial charge in [0.15, 0.2) is 0 Å². The summed E-state index contributed by atoms with van der Waals surface area (Å²) in [6.45, 7) is 0. The molecule has 1 amide bonds. The number of hydrogen-bond acceptors (Lipinski definition) is 3. The van der Waals surface area contributed by atoms with E-state index in [9.17, 15) is 10.1 Å². The standard InChI is InChI=1S/C17H14N2OS/c18-10-15(12-6-2-1-3-7-12)19-17(20)14-11-21-16-9-5-4-8-13(14)16/h1-9,14-15H,11H2,(H,19,20). The molecule has 2 atom stereocenters. The minimum atomic E-state index is -0.600. The summed E-state index contributed by atoms with van der Waals surface area (Å²) in [5, 5.41) is 12.1. The topological polar surface area (TPSA) is 52.9 Å². The highest BCUT2D eigenvalue weighted by Crippen LogP contribution is 2.39. The number of benzene rings is 2. The number of carbonyl (C=O) groups excluding carboxylic acids is 1. The molecule has 1 aliphatic rings. The Morgan fingerprint density at radius 2 is 1.90 bits per heavy atom. The van der Waals surface area contributed by atoms with Gasteiger partial charge in [0.2, 0.25) is 5.91 Å². The largest absolute Gasteiger partial charge is 0.336 e. The second-order valence-electron chi connectivity index (χ2n) is 4.88. The average Bonchev–Trinajstić information content (AvgIpc) is 2.97. The molecule has 0 aromatic heterocycles. The molecular formula is C17H14N2OS. The van der Waals surface area contributed by atoms with Crippen molar-refractivity contribution >= 4 is 17.7 Å². The maximum atomic E-state index is 12.5. The number of carbonyl (C=O) groups is 1. The van der Waals surface area contributed by atoms with Crippen LogP contribution in [0.3, 0.4) is 0 Å². The molecular weight excluding hydrogens is 280 g/mol. The lowest BCUT2D eigenvalue weighted by molar-refractivity contribution is -0.122. The maximum Gasteiger partial charge on any atom is 0.229 e. The Morgan fingerprint density at radius 1 is 1.19 bits per heavy atom. The monoisotopic (exact) mass is 294 g/mol. The van der Waals surface area contributed by atoms with E-state index < -0.39 is 6.04 Å². The molecule has 3 rings (SSSR count). The first-order chi connectivity index (χ1) is 10.3. The van der Waals surface area contributed by atoms with Crippen LogP contribution in [0.2, 0.25) is 0 Å². The predicted octanol–water partition coefficient (Wildman–Crippen LogP) is 3.26. The van der Waals surface area contributed by atoms with Gasteiger partial charge in [0.1, 0.15) is 6.04 Å². The Labute approximate surface area is 128 Å². The van der Waals surface area contributed by atoms with Gasteiger partial charge in [-0.2, -0.15) is 5.26 Å². The highest BCUT2D eigenvalue weighted by atomic mass is 32.2. The quantitative estimate of drug-likeness (QED) is 0.945. The number of nitrogens with one attached hydrogen (secondary N) is 1. The number of fused-ring (bicyclic) bond motifs is 1. The first kappa shape index (κ1) is 13.7. The van der Waals surface area contributed by atoms with E-state index in [1.54, 1.807) is 11.8 Å². The maximum absolute atomic E-state index is 12.5. The van der Waals surface area contributed by atoms with E-state index in [1.165, 1.54) is 0 Å². The van der Waals surface area contributed by atoms with Crippen molar-refractivity contribution in [2.75, 3.05) is 5.75 Å². The van der Waals surface area contributed by atoms with Gasteiger partial charge < -0.3 is 5.32 Å². The summed E-state index contributed by atoms with van der Waals surface area (Å²) in [7, 11) is 0. The second-order valence-corrected chi connectivity index (χ2v) is 5.94. The number of hydrogen-bond donors (Lipinski definition) is 1. The van der Waals surface area contributed by atoms with Crippen LogP contribution in [0.25, 0.3) is 0 Å². The minimum absolute atomic E-state index is 0.0807. The van der Waals surface area contributed by atoms with Crippen molar-refractivity contribution in [2.45, 2.75) is 16.9 Å². The lowest BCUT2D eigenvalue weighted by Gasteiger charge is -2.16. The van der Waals surface area contributed by atoms with Crippen molar-refractivity contribution < 1.29 is 4.79 Å². The number of rotatable bonds is 3. The number of thioether (sulfide) groups is 1. The van der Waals surface area contributed by atoms with Crippen molar-refractivity contribution in [3.05, 3.63) is 65.7 Å². The van der Waals surface area contributed by atoms with E-state index in [4.69, 9.17) is 0 Å². The molecule has 104 valence electrons. The number of amides is 1. The molecule has 2 aromatic carbocycles. The van der Waals surface area contributed by atoms with Crippen LogP contribution in [0.15, 0.2) is 59.5 Å². The first-order valence-corrected chi connectivity index (χ1v) is 7.75. The SMILES string of the molecule is N#CC(NC(=O)C1CSc2ccccc21)c1ccccc1. The third-order valence-corrected chi connectivity index (χ3v) is 4.75. The molecule has 2 unspecified atom stereocenters. The number of nitriles is 1. The van der Waals surface area contributed by atoms with Crippen molar-refractivity contribution in [3.8, 4) is 6.07 Å². The van der Waals surface area contributed by atoms with E-state index in [0.717, 1.165) is 21.8 Å². The van der Waals surface area contributed by atoms with Crippen LogP contribution in [0, 0.1) is 11.3 Å². The zero-order chi connectivity index (χ0) is 14.7. The third-order valence-electron chi connectivity index (χ3n) is 3.57. The molecule has 21 heavy (non-hydrogen) atoms. The first-order valence-electron chi connectivity index (χ1n) is 6.76. The normalized spacial score (nSPS) is 17.6. The fourth-order valence-electron chi connectivity index (χ4n) is 2.46. The molecule has 0 spiro atoms. The van der Waals surface area contributed by atoms with Crippen LogP contribution in [0.1, 0.15) is 23.1 Å². The summed E-state index contributed by atoms with van der Waals surface area (Å²) in [4.78, 5) is 13.6. The van der Waals surface area contributed by atoms with Crippen LogP contribution < -0.4 is 5.32 Å². The molecule has 1 N–H and O–H groups in total. The summed E-state index contributed by atoms with van der Waals surface area (Å²) >= 11 is 1.69. The summed E-state index contributed by atoms with van der Waals surface area (Å²) in [6, 6.07) is 18.8. The van der Waals surface area contributed by atoms with E-state index in [1.807, 2.05) is 54.6 Å². The second kappa shape index (κ2) is 6.02. The molecule has 0 radical (unpaired) electrons. The van der Waals surface area contributed by atoms with Crippen molar-refractivity contribution in [1.82, 2.24) is 5.32 Å². The highest BCUT2D eigenvalue weighted by molar-refractivity contribution is 7.99. The molecule has 3 nitrogen and oxygen atoms in total. The summed E-state index contributed by atoms with van der Waals surface area (Å²) in [6.07, 6.45) is 0. The Balaban J connectivity index is 1.77. The van der Waals surface area contributed by atoms with Gasteiger partial charge in [0.25, 0.3) is 0 Å². The molecule has 0 fully saturated rings. The Kier molecular flexibility index (Phi) is 3.94. The molecule has 0 saturated carbocycles. The van der Waals surface area contributed by atoms with E-state index in [-0.39, 0.29) is 11.8 Å². The smallest absolute Gasteiger partial charge is 0.229 e. The molecule has 4 heteroatoms. The average molecular weight is 294 g/mol. The third kappa shape index (κ3) is 2.79. The van der Waals surface area contributed by atoms with Crippen molar-refractivity contribution in [1.29, 1.82) is 5.26 Å². The fraction of sp³-hybridized carbons (Fsp3) is 0.176. The molecule has 0 bridgehead atoms. The highest BCUT2D eigenvalue weighted by Gasteiger charge is 2.30. The zero-order valence-electron chi connectivity index (χ0n) is 11.3. The Bertz CT molecular complexity index is 693. The number of nitrogens with zero attached hydrogens (tertiary/aromatic N) is 1. The van der Waals surface area contributed by atoms with Gasteiger partial charge in [0, 0.05) is 10.6 Å². The van der Waals surface area contributed by atoms with Crippen molar-refractivity contribution in [3.63, 3.8) is 0 Å². The van der Waals surface area contributed by atoms with E-state index in [2.05, 4.69) is 11.4 Å². The molecule has 2 aromatic rings. The molecule has 0 saturated heterocycles. The van der Waals surface area contributed by atoms with Crippen LogP contribution in [-0.4, -0.2) is 11.7 Å². The predicted molar refractivity (Wildman–Crippen MR) is 82.8 cm³/mol. The minimum Gasteiger partial charge on any atom is -0.336 e. The van der Waals surface area contributed by atoms with Gasteiger partial charge in [-0.15, -0.1) is 11.8 Å². The molecule has 1 heterocycles. The van der Waals surface area contributed by atoms with Gasteiger partial charge in [-0.1, -0.05) is 48.5 Å². The van der Waals surface area contributed by atoms with Gasteiger partial charge in [-0.3, -0.25) is 4.79 Å². The Morgan fingerprint density at radius 3 is 2.67 bits per heavy atom. The van der Waals surface area contributed by atoms with Crippen LogP contribution in [-0.2, 0) is 4.79 Å². The summed E-state index contributed by atoms with van der Waals surface area (Å²) < 4.78 is 0. The van der Waals surface area contributed by atoms with Gasteiger partial charge in [0.05, 0.1) is 12.0 Å². The fourth-order valence-corrected chi connectivity index (χ4v) is 3.69. The summed E-state index contributed by atoms with van der Waals surface area (Å²) in [5.74, 6) is 0.478. The summed E-state index contributed by atoms with van der Waals surface area (Å²) in [5.41, 5.74) is 1.87. The van der Waals surface area contributed by atoms with Gasteiger partial charge >= 0.3 is 0 Å². The van der Waals surface area contributed by atoms with E-state index in [0.29, 0.717) is 0 Å². The molecule has 1 aliphatic heterocycles. The molecule has 0 aliphatic carbocycles. The van der Waals surface area contributed by atoms with Crippen molar-refractivity contribution in [2.24, 2.45) is 0 Å². The zero-order valence-corrected chi connectivity index (χ0v) is 12.1. The van der Waals surface area contributed by atoms with Crippen LogP contribution >= 0.6 is 11.8 Å². The Hall–Kier alpha value is -2.25. The van der Waals surface area contributed by atoms with Crippen LogP contribution in [0.4, 0.5) is 0 Å². The lowest BCUT2D eigenvalue weighted by Crippen LogP contribution is -2.32. The lowest BCUT2D eigenvalue weighted by atomic mass is 9.99. The van der Waals surface area contributed by atoms with Gasteiger partial charge in [-0.25, -0.2) is 0 Å².